The summed E-state index contributed by atoms with van der Waals surface area (Å²) >= 11 is 0. The van der Waals surface area contributed by atoms with E-state index in [-0.39, 0.29) is 0 Å². The summed E-state index contributed by atoms with van der Waals surface area (Å²) in [6, 6.07) is 3.29. The molecule has 0 heterocycles. The van der Waals surface area contributed by atoms with Crippen LogP contribution in [0.4, 0.5) is 13.2 Å². The quantitative estimate of drug-likeness (QED) is 0.785. The lowest BCUT2D eigenvalue weighted by molar-refractivity contribution is -0.274. The van der Waals surface area contributed by atoms with Gasteiger partial charge in [-0.3, -0.25) is 4.79 Å². The summed E-state index contributed by atoms with van der Waals surface area (Å²) in [7, 11) is 3.00. The third-order valence-electron chi connectivity index (χ3n) is 2.88. The van der Waals surface area contributed by atoms with E-state index in [9.17, 15) is 23.1 Å². The van der Waals surface area contributed by atoms with Crippen molar-refractivity contribution in [1.82, 2.24) is 4.90 Å². The first-order valence-corrected chi connectivity index (χ1v) is 6.58. The standard InChI is InChI=1S/C14H18F3NO4/c1-18(8-3-4-9-21-2)13(20)12-10(19)6-5-7-11(12)22-14(15,16)17/h5-7,19H,3-4,8-9H2,1-2H3. The van der Waals surface area contributed by atoms with Crippen LogP contribution in [-0.4, -0.2) is 49.6 Å². The number of phenols is 1. The van der Waals surface area contributed by atoms with Crippen molar-refractivity contribution >= 4 is 5.91 Å². The Morgan fingerprint density at radius 3 is 2.59 bits per heavy atom. The third-order valence-corrected chi connectivity index (χ3v) is 2.88. The van der Waals surface area contributed by atoms with Gasteiger partial charge in [-0.15, -0.1) is 13.2 Å². The number of carbonyl (C=O) groups excluding carboxylic acids is 1. The number of aromatic hydroxyl groups is 1. The zero-order chi connectivity index (χ0) is 16.8. The van der Waals surface area contributed by atoms with E-state index in [1.54, 1.807) is 7.11 Å². The minimum absolute atomic E-state index is 0.321. The van der Waals surface area contributed by atoms with Crippen LogP contribution in [0.1, 0.15) is 23.2 Å². The Morgan fingerprint density at radius 1 is 1.32 bits per heavy atom. The second-order valence-electron chi connectivity index (χ2n) is 4.62. The number of alkyl halides is 3. The molecular weight excluding hydrogens is 303 g/mol. The van der Waals surface area contributed by atoms with Crippen LogP contribution in [0.15, 0.2) is 18.2 Å². The van der Waals surface area contributed by atoms with Crippen LogP contribution < -0.4 is 4.74 Å². The molecule has 0 spiro atoms. The molecule has 0 aliphatic carbocycles. The van der Waals surface area contributed by atoms with Gasteiger partial charge in [-0.2, -0.15) is 0 Å². The Balaban J connectivity index is 2.87. The van der Waals surface area contributed by atoms with Gasteiger partial charge in [0, 0.05) is 27.3 Å². The number of nitrogens with zero attached hydrogens (tertiary/aromatic N) is 1. The fraction of sp³-hybridized carbons (Fsp3) is 0.500. The number of methoxy groups -OCH3 is 1. The van der Waals surface area contributed by atoms with Crippen molar-refractivity contribution in [3.05, 3.63) is 23.8 Å². The number of unbranched alkanes of at least 4 members (excludes halogenated alkanes) is 1. The van der Waals surface area contributed by atoms with Gasteiger partial charge in [0.05, 0.1) is 0 Å². The van der Waals surface area contributed by atoms with E-state index in [0.29, 0.717) is 26.0 Å². The molecule has 8 heteroatoms. The molecule has 22 heavy (non-hydrogen) atoms. The summed E-state index contributed by atoms with van der Waals surface area (Å²) in [5.74, 6) is -2.02. The number of hydrogen-bond donors (Lipinski definition) is 1. The summed E-state index contributed by atoms with van der Waals surface area (Å²) in [4.78, 5) is 13.5. The molecule has 124 valence electrons. The van der Waals surface area contributed by atoms with Gasteiger partial charge >= 0.3 is 6.36 Å². The van der Waals surface area contributed by atoms with Gasteiger partial charge < -0.3 is 19.5 Å². The maximum Gasteiger partial charge on any atom is 0.573 e. The Bertz CT molecular complexity index is 505. The van der Waals surface area contributed by atoms with Crippen molar-refractivity contribution in [3.63, 3.8) is 0 Å². The van der Waals surface area contributed by atoms with Crippen LogP contribution in [0.3, 0.4) is 0 Å². The molecule has 1 aromatic carbocycles. The van der Waals surface area contributed by atoms with Crippen molar-refractivity contribution in [2.75, 3.05) is 27.3 Å². The largest absolute Gasteiger partial charge is 0.573 e. The van der Waals surface area contributed by atoms with E-state index < -0.39 is 29.3 Å². The SMILES string of the molecule is COCCCCN(C)C(=O)c1c(O)cccc1OC(F)(F)F. The summed E-state index contributed by atoms with van der Waals surface area (Å²) in [5.41, 5.74) is -0.505. The number of benzene rings is 1. The molecule has 0 aliphatic rings. The van der Waals surface area contributed by atoms with Crippen molar-refractivity contribution in [3.8, 4) is 11.5 Å². The minimum Gasteiger partial charge on any atom is -0.507 e. The Morgan fingerprint density at radius 2 is 2.00 bits per heavy atom. The van der Waals surface area contributed by atoms with Gasteiger partial charge in [0.2, 0.25) is 0 Å². The highest BCUT2D eigenvalue weighted by atomic mass is 19.4. The van der Waals surface area contributed by atoms with Crippen LogP contribution in [-0.2, 0) is 4.74 Å². The van der Waals surface area contributed by atoms with Gasteiger partial charge in [-0.05, 0) is 25.0 Å². The average molecular weight is 321 g/mol. The van der Waals surface area contributed by atoms with E-state index in [2.05, 4.69) is 4.74 Å². The molecule has 1 amide bonds. The molecule has 0 radical (unpaired) electrons. The lowest BCUT2D eigenvalue weighted by atomic mass is 10.1. The molecule has 1 rings (SSSR count). The molecule has 0 saturated carbocycles. The molecule has 0 aromatic heterocycles. The monoisotopic (exact) mass is 321 g/mol. The summed E-state index contributed by atoms with van der Waals surface area (Å²) < 4.78 is 45.8. The zero-order valence-corrected chi connectivity index (χ0v) is 12.3. The number of ether oxygens (including phenoxy) is 2. The average Bonchev–Trinajstić information content (AvgIpc) is 2.41. The number of hydrogen-bond acceptors (Lipinski definition) is 4. The van der Waals surface area contributed by atoms with Crippen molar-refractivity contribution in [2.24, 2.45) is 0 Å². The molecule has 0 aliphatic heterocycles. The Hall–Kier alpha value is -1.96. The minimum atomic E-state index is -4.94. The number of phenolic OH excluding ortho intramolecular Hbond substituents is 1. The van der Waals surface area contributed by atoms with Crippen molar-refractivity contribution < 1.29 is 32.5 Å². The predicted octanol–water partition coefficient (Wildman–Crippen LogP) is 2.79. The number of carbonyl (C=O) groups is 1. The topological polar surface area (TPSA) is 59.0 Å². The van der Waals surface area contributed by atoms with E-state index in [1.165, 1.54) is 18.0 Å². The molecular formula is C14H18F3NO4. The fourth-order valence-corrected chi connectivity index (χ4v) is 1.83. The maximum absolute atomic E-state index is 12.4. The van der Waals surface area contributed by atoms with Gasteiger partial charge in [0.25, 0.3) is 5.91 Å². The van der Waals surface area contributed by atoms with E-state index in [0.717, 1.165) is 12.1 Å². The predicted molar refractivity (Wildman–Crippen MR) is 72.9 cm³/mol. The first-order valence-electron chi connectivity index (χ1n) is 6.58. The molecule has 0 fully saturated rings. The Labute approximate surface area is 126 Å². The van der Waals surface area contributed by atoms with E-state index in [1.807, 2.05) is 0 Å². The van der Waals surface area contributed by atoms with Crippen LogP contribution in [0.2, 0.25) is 0 Å². The van der Waals surface area contributed by atoms with E-state index >= 15 is 0 Å². The van der Waals surface area contributed by atoms with Gasteiger partial charge in [0.1, 0.15) is 17.1 Å². The number of rotatable bonds is 7. The molecule has 0 bridgehead atoms. The lowest BCUT2D eigenvalue weighted by Crippen LogP contribution is -2.29. The summed E-state index contributed by atoms with van der Waals surface area (Å²) in [6.07, 6.45) is -3.61. The lowest BCUT2D eigenvalue weighted by Gasteiger charge is -2.20. The van der Waals surface area contributed by atoms with E-state index in [4.69, 9.17) is 4.74 Å². The highest BCUT2D eigenvalue weighted by Crippen LogP contribution is 2.32. The number of halogens is 3. The highest BCUT2D eigenvalue weighted by molar-refractivity contribution is 5.99. The second kappa shape index (κ2) is 7.88. The van der Waals surface area contributed by atoms with Gasteiger partial charge in [-0.1, -0.05) is 6.07 Å². The number of amides is 1. The normalized spacial score (nSPS) is 11.3. The van der Waals surface area contributed by atoms with Crippen LogP contribution >= 0.6 is 0 Å². The van der Waals surface area contributed by atoms with Crippen LogP contribution in [0.25, 0.3) is 0 Å². The third kappa shape index (κ3) is 5.44. The molecule has 0 unspecified atom stereocenters. The van der Waals surface area contributed by atoms with Crippen molar-refractivity contribution in [1.29, 1.82) is 0 Å². The smallest absolute Gasteiger partial charge is 0.507 e. The molecule has 0 saturated heterocycles. The zero-order valence-electron chi connectivity index (χ0n) is 12.3. The van der Waals surface area contributed by atoms with Gasteiger partial charge in [0.15, 0.2) is 0 Å². The molecule has 1 N–H and O–H groups in total. The first kappa shape index (κ1) is 18.1. The highest BCUT2D eigenvalue weighted by Gasteiger charge is 2.34. The summed E-state index contributed by atoms with van der Waals surface area (Å²) in [5, 5.41) is 9.70. The summed E-state index contributed by atoms with van der Waals surface area (Å²) in [6.45, 7) is 0.850. The van der Waals surface area contributed by atoms with Crippen molar-refractivity contribution in [2.45, 2.75) is 19.2 Å². The van der Waals surface area contributed by atoms with Crippen LogP contribution in [0.5, 0.6) is 11.5 Å². The first-order chi connectivity index (χ1) is 10.3. The Kier molecular flexibility index (Phi) is 6.48. The van der Waals surface area contributed by atoms with Gasteiger partial charge in [-0.25, -0.2) is 0 Å². The maximum atomic E-state index is 12.4. The second-order valence-corrected chi connectivity index (χ2v) is 4.62. The van der Waals surface area contributed by atoms with Crippen LogP contribution in [0, 0.1) is 0 Å². The molecule has 5 nitrogen and oxygen atoms in total. The molecule has 1 aromatic rings. The fourth-order valence-electron chi connectivity index (χ4n) is 1.83. The molecule has 0 atom stereocenters.